The van der Waals surface area contributed by atoms with Crippen LogP contribution in [0.25, 0.3) is 10.9 Å². The minimum atomic E-state index is -0.614. The van der Waals surface area contributed by atoms with E-state index in [0.717, 1.165) is 0 Å². The Morgan fingerprint density at radius 2 is 1.69 bits per heavy atom. The summed E-state index contributed by atoms with van der Waals surface area (Å²) in [4.78, 5) is 31.9. The maximum absolute atomic E-state index is 12.5. The molecule has 3 aromatic rings. The number of hydrogen-bond acceptors (Lipinski definition) is 8. The maximum atomic E-state index is 12.5. The minimum absolute atomic E-state index is 0.0561. The first-order valence-electron chi connectivity index (χ1n) is 7.63. The predicted octanol–water partition coefficient (Wildman–Crippen LogP) is 2.22. The Morgan fingerprint density at radius 3 is 2.38 bits per heavy atom. The first-order chi connectivity index (χ1) is 12.4. The molecule has 0 fully saturated rings. The molecule has 0 amide bonds. The number of carbonyl (C=O) groups is 2. The molecule has 2 aromatic carbocycles. The summed E-state index contributed by atoms with van der Waals surface area (Å²) in [5.41, 5.74) is 12.6. The van der Waals surface area contributed by atoms with Gasteiger partial charge in [0, 0.05) is 10.9 Å². The van der Waals surface area contributed by atoms with Crippen molar-refractivity contribution < 1.29 is 19.1 Å². The highest BCUT2D eigenvalue weighted by Gasteiger charge is 2.15. The monoisotopic (exact) mass is 352 g/mol. The largest absolute Gasteiger partial charge is 0.493 e. The fourth-order valence-electron chi connectivity index (χ4n) is 2.43. The molecule has 1 heterocycles. The highest BCUT2D eigenvalue weighted by Crippen LogP contribution is 2.29. The van der Waals surface area contributed by atoms with Crippen molar-refractivity contribution in [2.45, 2.75) is 6.92 Å². The Morgan fingerprint density at radius 1 is 0.962 bits per heavy atom. The number of aromatic nitrogens is 2. The smallest absolute Gasteiger partial charge is 0.343 e. The number of Topliss-reactive ketones (excluding diaryl/α,β-unsaturated/α-hetero) is 1. The standard InChI is InChI=1S/C18H16N4O4/c1-9(23)10-4-6-14(15(8-10)25-2)26-17(24)11-3-5-13-12(7-11)16(19)22-18(20)21-13/h3-8H,1-2H3,(H4,19,20,21,22). The lowest BCUT2D eigenvalue weighted by Crippen LogP contribution is -2.10. The third-order valence-electron chi connectivity index (χ3n) is 3.75. The molecule has 0 aliphatic heterocycles. The van der Waals surface area contributed by atoms with E-state index in [9.17, 15) is 9.59 Å². The zero-order chi connectivity index (χ0) is 18.8. The normalized spacial score (nSPS) is 10.5. The number of hydrogen-bond donors (Lipinski definition) is 2. The van der Waals surface area contributed by atoms with E-state index < -0.39 is 5.97 Å². The number of nitrogens with zero attached hydrogens (tertiary/aromatic N) is 2. The number of fused-ring (bicyclic) bond motifs is 1. The van der Waals surface area contributed by atoms with Gasteiger partial charge in [-0.05, 0) is 43.3 Å². The lowest BCUT2D eigenvalue weighted by atomic mass is 10.1. The highest BCUT2D eigenvalue weighted by atomic mass is 16.6. The van der Waals surface area contributed by atoms with Crippen LogP contribution in [0.5, 0.6) is 11.5 Å². The summed E-state index contributed by atoms with van der Waals surface area (Å²) in [6.45, 7) is 1.44. The molecule has 0 spiro atoms. The van der Waals surface area contributed by atoms with Gasteiger partial charge in [0.1, 0.15) is 5.82 Å². The van der Waals surface area contributed by atoms with Gasteiger partial charge < -0.3 is 20.9 Å². The molecule has 132 valence electrons. The molecule has 0 aliphatic carbocycles. The van der Waals surface area contributed by atoms with Crippen molar-refractivity contribution in [3.05, 3.63) is 47.5 Å². The van der Waals surface area contributed by atoms with Gasteiger partial charge in [0.25, 0.3) is 0 Å². The molecule has 3 rings (SSSR count). The molecule has 8 heteroatoms. The number of esters is 1. The second-order valence-corrected chi connectivity index (χ2v) is 5.51. The van der Waals surface area contributed by atoms with Gasteiger partial charge >= 0.3 is 5.97 Å². The molecular weight excluding hydrogens is 336 g/mol. The van der Waals surface area contributed by atoms with Crippen LogP contribution in [0.15, 0.2) is 36.4 Å². The number of ketones is 1. The van der Waals surface area contributed by atoms with Gasteiger partial charge in [-0.2, -0.15) is 4.98 Å². The van der Waals surface area contributed by atoms with Gasteiger partial charge in [0.05, 0.1) is 18.2 Å². The van der Waals surface area contributed by atoms with Gasteiger partial charge in [-0.25, -0.2) is 9.78 Å². The third-order valence-corrected chi connectivity index (χ3v) is 3.75. The fraction of sp³-hybridized carbons (Fsp3) is 0.111. The van der Waals surface area contributed by atoms with Crippen LogP contribution >= 0.6 is 0 Å². The van der Waals surface area contributed by atoms with Crippen LogP contribution in [0, 0.1) is 0 Å². The molecule has 26 heavy (non-hydrogen) atoms. The van der Waals surface area contributed by atoms with E-state index in [1.807, 2.05) is 0 Å². The zero-order valence-corrected chi connectivity index (χ0v) is 14.1. The molecule has 8 nitrogen and oxygen atoms in total. The maximum Gasteiger partial charge on any atom is 0.343 e. The molecule has 0 saturated carbocycles. The number of rotatable bonds is 4. The topological polar surface area (TPSA) is 130 Å². The second kappa shape index (κ2) is 6.67. The highest BCUT2D eigenvalue weighted by molar-refractivity contribution is 5.99. The fourth-order valence-corrected chi connectivity index (χ4v) is 2.43. The Labute approximate surface area is 148 Å². The van der Waals surface area contributed by atoms with Crippen molar-refractivity contribution in [3.63, 3.8) is 0 Å². The molecule has 0 aliphatic rings. The van der Waals surface area contributed by atoms with Crippen molar-refractivity contribution >= 4 is 34.4 Å². The van der Waals surface area contributed by atoms with E-state index >= 15 is 0 Å². The quantitative estimate of drug-likeness (QED) is 0.415. The Bertz CT molecular complexity index is 1030. The van der Waals surface area contributed by atoms with Gasteiger partial charge in [0.15, 0.2) is 17.3 Å². The van der Waals surface area contributed by atoms with Crippen LogP contribution in [0.4, 0.5) is 11.8 Å². The van der Waals surface area contributed by atoms with Crippen molar-refractivity contribution in [2.24, 2.45) is 0 Å². The second-order valence-electron chi connectivity index (χ2n) is 5.51. The lowest BCUT2D eigenvalue weighted by molar-refractivity contribution is 0.0730. The van der Waals surface area contributed by atoms with E-state index in [1.54, 1.807) is 18.2 Å². The molecule has 0 unspecified atom stereocenters. The van der Waals surface area contributed by atoms with Crippen LogP contribution in [-0.2, 0) is 0 Å². The van der Waals surface area contributed by atoms with Gasteiger partial charge in [0.2, 0.25) is 5.95 Å². The van der Waals surface area contributed by atoms with Crippen molar-refractivity contribution in [1.29, 1.82) is 0 Å². The van der Waals surface area contributed by atoms with Crippen molar-refractivity contribution in [2.75, 3.05) is 18.6 Å². The number of ether oxygens (including phenoxy) is 2. The summed E-state index contributed by atoms with van der Waals surface area (Å²) in [5.74, 6) is -0.0276. The van der Waals surface area contributed by atoms with E-state index in [-0.39, 0.29) is 34.6 Å². The molecule has 0 radical (unpaired) electrons. The van der Waals surface area contributed by atoms with Gasteiger partial charge in [-0.1, -0.05) is 0 Å². The van der Waals surface area contributed by atoms with Crippen molar-refractivity contribution in [1.82, 2.24) is 9.97 Å². The summed E-state index contributed by atoms with van der Waals surface area (Å²) in [5, 5.41) is 0.493. The molecule has 0 atom stereocenters. The average Bonchev–Trinajstić information content (AvgIpc) is 2.61. The first-order valence-corrected chi connectivity index (χ1v) is 7.63. The molecular formula is C18H16N4O4. The summed E-state index contributed by atoms with van der Waals surface area (Å²) in [6.07, 6.45) is 0. The number of nitrogens with two attached hydrogens (primary N) is 2. The van der Waals surface area contributed by atoms with Crippen LogP contribution in [-0.4, -0.2) is 28.8 Å². The number of nitrogen functional groups attached to an aromatic ring is 2. The van der Waals surface area contributed by atoms with E-state index in [1.165, 1.54) is 32.2 Å². The predicted molar refractivity (Wildman–Crippen MR) is 96.3 cm³/mol. The van der Waals surface area contributed by atoms with Crippen LogP contribution in [0.1, 0.15) is 27.6 Å². The van der Waals surface area contributed by atoms with E-state index in [4.69, 9.17) is 20.9 Å². The number of carbonyl (C=O) groups excluding carboxylic acids is 2. The molecule has 4 N–H and O–H groups in total. The van der Waals surface area contributed by atoms with Crippen molar-refractivity contribution in [3.8, 4) is 11.5 Å². The lowest BCUT2D eigenvalue weighted by Gasteiger charge is -2.11. The minimum Gasteiger partial charge on any atom is -0.493 e. The Kier molecular flexibility index (Phi) is 4.40. The van der Waals surface area contributed by atoms with Gasteiger partial charge in [-0.15, -0.1) is 0 Å². The molecule has 1 aromatic heterocycles. The van der Waals surface area contributed by atoms with E-state index in [2.05, 4.69) is 9.97 Å². The molecule has 0 bridgehead atoms. The van der Waals surface area contributed by atoms with Crippen LogP contribution in [0.2, 0.25) is 0 Å². The van der Waals surface area contributed by atoms with Gasteiger partial charge in [-0.3, -0.25) is 4.79 Å². The first kappa shape index (κ1) is 17.2. The average molecular weight is 352 g/mol. The van der Waals surface area contributed by atoms with Crippen LogP contribution < -0.4 is 20.9 Å². The van der Waals surface area contributed by atoms with Crippen LogP contribution in [0.3, 0.4) is 0 Å². The molecule has 0 saturated heterocycles. The zero-order valence-electron chi connectivity index (χ0n) is 14.1. The Balaban J connectivity index is 1.93. The third kappa shape index (κ3) is 3.25. The van der Waals surface area contributed by atoms with E-state index in [0.29, 0.717) is 16.5 Å². The number of methoxy groups -OCH3 is 1. The number of benzene rings is 2. The summed E-state index contributed by atoms with van der Waals surface area (Å²) < 4.78 is 10.6. The summed E-state index contributed by atoms with van der Waals surface area (Å²) in [7, 11) is 1.43. The summed E-state index contributed by atoms with van der Waals surface area (Å²) in [6, 6.07) is 9.27. The Hall–Kier alpha value is -3.68. The summed E-state index contributed by atoms with van der Waals surface area (Å²) >= 11 is 0. The number of anilines is 2. The SMILES string of the molecule is COc1cc(C(C)=O)ccc1OC(=O)c1ccc2nc(N)nc(N)c2c1.